The average Bonchev–Trinajstić information content (AvgIpc) is 2.83. The number of methoxy groups -OCH3 is 2. The molecule has 0 radical (unpaired) electrons. The minimum Gasteiger partial charge on any atom is -0.497 e. The maximum absolute atomic E-state index is 12.8. The Morgan fingerprint density at radius 1 is 0.912 bits per heavy atom. The number of ether oxygens (including phenoxy) is 3. The fraction of sp³-hybridized carbons (Fsp3) is 0.208. The highest BCUT2D eigenvalue weighted by molar-refractivity contribution is 7.92. The van der Waals surface area contributed by atoms with Crippen molar-refractivity contribution in [2.24, 2.45) is 0 Å². The largest absolute Gasteiger partial charge is 0.497 e. The van der Waals surface area contributed by atoms with Gasteiger partial charge in [0.1, 0.15) is 17.2 Å². The topological polar surface area (TPSA) is 103 Å². The number of sulfonamides is 1. The van der Waals surface area contributed by atoms with Gasteiger partial charge in [-0.05, 0) is 67.1 Å². The van der Waals surface area contributed by atoms with E-state index in [1.54, 1.807) is 36.4 Å². The van der Waals surface area contributed by atoms with Crippen LogP contribution in [0.15, 0.2) is 71.6 Å². The summed E-state index contributed by atoms with van der Waals surface area (Å²) in [4.78, 5) is 12.2. The van der Waals surface area contributed by atoms with E-state index in [-0.39, 0.29) is 22.9 Å². The van der Waals surface area contributed by atoms with Crippen LogP contribution in [0.2, 0.25) is 5.02 Å². The van der Waals surface area contributed by atoms with E-state index in [9.17, 15) is 13.2 Å². The molecule has 0 spiro atoms. The van der Waals surface area contributed by atoms with Gasteiger partial charge in [-0.15, -0.1) is 0 Å². The normalized spacial score (nSPS) is 10.9. The number of nitrogens with one attached hydrogen (secondary N) is 2. The zero-order chi connectivity index (χ0) is 24.6. The van der Waals surface area contributed by atoms with Crippen molar-refractivity contribution in [2.75, 3.05) is 30.9 Å². The van der Waals surface area contributed by atoms with Crippen molar-refractivity contribution < 1.29 is 27.4 Å². The minimum atomic E-state index is -3.89. The summed E-state index contributed by atoms with van der Waals surface area (Å²) in [5.41, 5.74) is 0.738. The highest BCUT2D eigenvalue weighted by Crippen LogP contribution is 2.31. The summed E-state index contributed by atoms with van der Waals surface area (Å²) < 4.78 is 44.0. The van der Waals surface area contributed by atoms with Crippen LogP contribution in [-0.4, -0.2) is 35.2 Å². The van der Waals surface area contributed by atoms with Crippen LogP contribution in [0.5, 0.6) is 17.2 Å². The molecule has 1 amide bonds. The number of halogens is 1. The Bertz CT molecular complexity index is 1220. The molecule has 8 nitrogen and oxygen atoms in total. The molecule has 0 saturated heterocycles. The molecule has 0 fully saturated rings. The van der Waals surface area contributed by atoms with E-state index in [0.717, 1.165) is 0 Å². The third-order valence-corrected chi connectivity index (χ3v) is 6.36. The molecule has 0 atom stereocenters. The number of hydrogen-bond acceptors (Lipinski definition) is 6. The van der Waals surface area contributed by atoms with Gasteiger partial charge in [0.2, 0.25) is 5.91 Å². The minimum absolute atomic E-state index is 0.0340. The third kappa shape index (κ3) is 7.03. The average molecular weight is 505 g/mol. The van der Waals surface area contributed by atoms with Crippen LogP contribution in [0.4, 0.5) is 11.4 Å². The summed E-state index contributed by atoms with van der Waals surface area (Å²) in [5, 5.41) is 3.37. The predicted octanol–water partition coefficient (Wildman–Crippen LogP) is 4.96. The maximum Gasteiger partial charge on any atom is 0.262 e. The quantitative estimate of drug-likeness (QED) is 0.358. The summed E-state index contributed by atoms with van der Waals surface area (Å²) in [5.74, 6) is 1.32. The van der Waals surface area contributed by atoms with Gasteiger partial charge in [0.25, 0.3) is 10.0 Å². The van der Waals surface area contributed by atoms with Crippen molar-refractivity contribution in [2.45, 2.75) is 17.7 Å². The van der Waals surface area contributed by atoms with Crippen LogP contribution in [0.3, 0.4) is 0 Å². The lowest BCUT2D eigenvalue weighted by Gasteiger charge is -2.13. The Morgan fingerprint density at radius 3 is 2.24 bits per heavy atom. The zero-order valence-electron chi connectivity index (χ0n) is 18.7. The molecule has 0 bridgehead atoms. The lowest BCUT2D eigenvalue weighted by atomic mass is 10.2. The van der Waals surface area contributed by atoms with E-state index in [1.807, 2.05) is 0 Å². The van der Waals surface area contributed by atoms with Gasteiger partial charge in [0.15, 0.2) is 0 Å². The molecule has 3 aromatic carbocycles. The zero-order valence-corrected chi connectivity index (χ0v) is 20.3. The van der Waals surface area contributed by atoms with Crippen molar-refractivity contribution >= 4 is 38.9 Å². The second-order valence-electron chi connectivity index (χ2n) is 7.15. The maximum atomic E-state index is 12.8. The molecule has 0 aliphatic rings. The second-order valence-corrected chi connectivity index (χ2v) is 9.27. The Hall–Kier alpha value is -3.43. The number of benzene rings is 3. The van der Waals surface area contributed by atoms with E-state index in [1.165, 1.54) is 44.6 Å². The predicted molar refractivity (Wildman–Crippen MR) is 132 cm³/mol. The van der Waals surface area contributed by atoms with Gasteiger partial charge in [0, 0.05) is 23.2 Å². The Labute approximate surface area is 203 Å². The van der Waals surface area contributed by atoms with Gasteiger partial charge in [0.05, 0.1) is 31.4 Å². The van der Waals surface area contributed by atoms with Gasteiger partial charge < -0.3 is 19.5 Å². The van der Waals surface area contributed by atoms with Crippen molar-refractivity contribution in [1.29, 1.82) is 0 Å². The SMILES string of the molecule is COc1ccc(OC)c(NS(=O)(=O)c2ccc(NC(=O)CCCOc3ccc(Cl)cc3)cc2)c1. The smallest absolute Gasteiger partial charge is 0.262 e. The molecule has 0 aliphatic heterocycles. The van der Waals surface area contributed by atoms with Crippen LogP contribution in [-0.2, 0) is 14.8 Å². The number of anilines is 2. The molecule has 3 aromatic rings. The summed E-state index contributed by atoms with van der Waals surface area (Å²) in [7, 11) is -0.955. The summed E-state index contributed by atoms with van der Waals surface area (Å²) in [6, 6.07) is 17.7. The van der Waals surface area contributed by atoms with Crippen LogP contribution in [0, 0.1) is 0 Å². The summed E-state index contributed by atoms with van der Waals surface area (Å²) in [6.07, 6.45) is 0.776. The summed E-state index contributed by atoms with van der Waals surface area (Å²) >= 11 is 5.83. The van der Waals surface area contributed by atoms with Crippen LogP contribution >= 0.6 is 11.6 Å². The first-order valence-electron chi connectivity index (χ1n) is 10.3. The number of rotatable bonds is 11. The van der Waals surface area contributed by atoms with Crippen molar-refractivity contribution in [3.05, 3.63) is 71.8 Å². The Kier molecular flexibility index (Phi) is 8.61. The first kappa shape index (κ1) is 25.2. The molecule has 0 aliphatic carbocycles. The van der Waals surface area contributed by atoms with Crippen molar-refractivity contribution in [1.82, 2.24) is 0 Å². The first-order chi connectivity index (χ1) is 16.3. The van der Waals surface area contributed by atoms with E-state index in [0.29, 0.717) is 41.0 Å². The van der Waals surface area contributed by atoms with Gasteiger partial charge >= 0.3 is 0 Å². The fourth-order valence-electron chi connectivity index (χ4n) is 2.99. The lowest BCUT2D eigenvalue weighted by Crippen LogP contribution is -2.15. The molecule has 34 heavy (non-hydrogen) atoms. The van der Waals surface area contributed by atoms with E-state index >= 15 is 0 Å². The molecule has 0 aromatic heterocycles. The van der Waals surface area contributed by atoms with Gasteiger partial charge in [-0.2, -0.15) is 0 Å². The lowest BCUT2D eigenvalue weighted by molar-refractivity contribution is -0.116. The van der Waals surface area contributed by atoms with Crippen molar-refractivity contribution in [3.8, 4) is 17.2 Å². The van der Waals surface area contributed by atoms with Gasteiger partial charge in [-0.25, -0.2) is 8.42 Å². The van der Waals surface area contributed by atoms with Crippen LogP contribution in [0.1, 0.15) is 12.8 Å². The molecule has 0 heterocycles. The third-order valence-electron chi connectivity index (χ3n) is 4.73. The van der Waals surface area contributed by atoms with E-state index in [2.05, 4.69) is 10.0 Å². The Balaban J connectivity index is 1.53. The first-order valence-corrected chi connectivity index (χ1v) is 12.2. The summed E-state index contributed by atoms with van der Waals surface area (Å²) in [6.45, 7) is 0.381. The molecular weight excluding hydrogens is 480 g/mol. The van der Waals surface area contributed by atoms with E-state index in [4.69, 9.17) is 25.8 Å². The Morgan fingerprint density at radius 2 is 1.59 bits per heavy atom. The molecule has 0 unspecified atom stereocenters. The molecule has 3 rings (SSSR count). The van der Waals surface area contributed by atoms with Gasteiger partial charge in [-0.1, -0.05) is 11.6 Å². The van der Waals surface area contributed by atoms with Crippen molar-refractivity contribution in [3.63, 3.8) is 0 Å². The van der Waals surface area contributed by atoms with E-state index < -0.39 is 10.0 Å². The van der Waals surface area contributed by atoms with Crippen LogP contribution < -0.4 is 24.2 Å². The fourth-order valence-corrected chi connectivity index (χ4v) is 4.18. The standard InChI is InChI=1S/C24H25ClN2O6S/c1-31-20-11-14-23(32-2)22(16-20)27-34(29,30)21-12-7-18(8-13-21)26-24(28)4-3-15-33-19-9-5-17(25)6-10-19/h5-14,16,27H,3-4,15H2,1-2H3,(H,26,28). The monoisotopic (exact) mass is 504 g/mol. The molecule has 2 N–H and O–H groups in total. The molecule has 180 valence electrons. The molecule has 0 saturated carbocycles. The molecule has 10 heteroatoms. The van der Waals surface area contributed by atoms with Crippen LogP contribution in [0.25, 0.3) is 0 Å². The highest BCUT2D eigenvalue weighted by Gasteiger charge is 2.17. The molecular formula is C24H25ClN2O6S. The number of hydrogen-bond donors (Lipinski definition) is 2. The number of amides is 1. The second kappa shape index (κ2) is 11.6. The number of carbonyl (C=O) groups excluding carboxylic acids is 1. The van der Waals surface area contributed by atoms with Gasteiger partial charge in [-0.3, -0.25) is 9.52 Å². The highest BCUT2D eigenvalue weighted by atomic mass is 35.5. The number of carbonyl (C=O) groups is 1.